The van der Waals surface area contributed by atoms with E-state index in [-0.39, 0.29) is 10.6 Å². The van der Waals surface area contributed by atoms with Crippen molar-refractivity contribution in [1.29, 1.82) is 0 Å². The molecular formula is C19H21N5O2S. The topological polar surface area (TPSA) is 75.4 Å². The predicted molar refractivity (Wildman–Crippen MR) is 109 cm³/mol. The second kappa shape index (κ2) is 7.11. The highest BCUT2D eigenvalue weighted by atomic mass is 32.1. The summed E-state index contributed by atoms with van der Waals surface area (Å²) in [4.78, 5) is 24.8. The Labute approximate surface area is 161 Å². The number of aromatic nitrogens is 2. The van der Waals surface area contributed by atoms with Crippen LogP contribution >= 0.6 is 11.3 Å². The molecule has 1 saturated heterocycles. The molecule has 27 heavy (non-hydrogen) atoms. The quantitative estimate of drug-likeness (QED) is 0.504. The number of para-hydroxylation sites is 1. The van der Waals surface area contributed by atoms with Crippen LogP contribution in [0.4, 0.5) is 16.5 Å². The fourth-order valence-electron chi connectivity index (χ4n) is 3.59. The average Bonchev–Trinajstić information content (AvgIpc) is 2.93. The van der Waals surface area contributed by atoms with Crippen LogP contribution in [0.1, 0.15) is 17.8 Å². The summed E-state index contributed by atoms with van der Waals surface area (Å²) in [5.74, 6) is 0. The molecule has 0 saturated carbocycles. The third kappa shape index (κ3) is 3.44. The Balaban J connectivity index is 1.68. The van der Waals surface area contributed by atoms with Gasteiger partial charge in [-0.1, -0.05) is 12.1 Å². The van der Waals surface area contributed by atoms with Crippen molar-refractivity contribution in [3.05, 3.63) is 51.1 Å². The van der Waals surface area contributed by atoms with Gasteiger partial charge in [-0.05, 0) is 26.3 Å². The van der Waals surface area contributed by atoms with Gasteiger partial charge in [0.1, 0.15) is 0 Å². The van der Waals surface area contributed by atoms with Crippen LogP contribution in [0.5, 0.6) is 0 Å². The van der Waals surface area contributed by atoms with E-state index >= 15 is 0 Å². The molecule has 1 aliphatic heterocycles. The molecule has 3 heterocycles. The Hall–Kier alpha value is -2.74. The third-order valence-electron chi connectivity index (χ3n) is 4.84. The number of nitro groups is 1. The van der Waals surface area contributed by atoms with Crippen molar-refractivity contribution >= 4 is 38.7 Å². The monoisotopic (exact) mass is 383 g/mol. The van der Waals surface area contributed by atoms with Crippen molar-refractivity contribution in [3.63, 3.8) is 0 Å². The molecule has 1 fully saturated rings. The molecule has 8 heteroatoms. The lowest BCUT2D eigenvalue weighted by atomic mass is 10.1. The fraction of sp³-hybridized carbons (Fsp3) is 0.368. The standard InChI is InChI=1S/C19H21N5O2S/c1-13-11-17(15-5-3-6-16(24(25)26)18(15)20-13)22-7-4-8-23(10-9-22)19-21-14(2)12-27-19/h3,5-6,11-12H,4,7-10H2,1-2H3. The number of pyridine rings is 1. The highest BCUT2D eigenvalue weighted by Crippen LogP contribution is 2.33. The van der Waals surface area contributed by atoms with Gasteiger partial charge in [-0.3, -0.25) is 10.1 Å². The highest BCUT2D eigenvalue weighted by Gasteiger charge is 2.22. The lowest BCUT2D eigenvalue weighted by Crippen LogP contribution is -2.30. The van der Waals surface area contributed by atoms with Crippen molar-refractivity contribution in [3.8, 4) is 0 Å². The van der Waals surface area contributed by atoms with Gasteiger partial charge in [0.05, 0.1) is 10.6 Å². The van der Waals surface area contributed by atoms with Crippen LogP contribution in [0.15, 0.2) is 29.6 Å². The largest absolute Gasteiger partial charge is 0.369 e. The van der Waals surface area contributed by atoms with Gasteiger partial charge in [-0.15, -0.1) is 11.3 Å². The molecule has 0 aliphatic carbocycles. The Morgan fingerprint density at radius 2 is 1.85 bits per heavy atom. The number of rotatable bonds is 3. The van der Waals surface area contributed by atoms with Gasteiger partial charge in [0.2, 0.25) is 0 Å². The average molecular weight is 383 g/mol. The van der Waals surface area contributed by atoms with Gasteiger partial charge in [-0.25, -0.2) is 9.97 Å². The first-order chi connectivity index (χ1) is 13.0. The summed E-state index contributed by atoms with van der Waals surface area (Å²) in [5.41, 5.74) is 3.40. The van der Waals surface area contributed by atoms with Gasteiger partial charge in [0, 0.05) is 54.4 Å². The minimum atomic E-state index is -0.354. The maximum atomic E-state index is 11.4. The van der Waals surface area contributed by atoms with Crippen molar-refractivity contribution in [2.75, 3.05) is 36.0 Å². The molecular weight excluding hydrogens is 362 g/mol. The summed E-state index contributed by atoms with van der Waals surface area (Å²) in [6.45, 7) is 7.50. The van der Waals surface area contributed by atoms with E-state index in [4.69, 9.17) is 0 Å². The number of nitro benzene ring substituents is 1. The first kappa shape index (κ1) is 17.7. The normalized spacial score (nSPS) is 15.2. The zero-order chi connectivity index (χ0) is 19.0. The van der Waals surface area contributed by atoms with Crippen LogP contribution in [0.25, 0.3) is 10.9 Å². The number of aryl methyl sites for hydroxylation is 2. The Kier molecular flexibility index (Phi) is 4.65. The second-order valence-corrected chi connectivity index (χ2v) is 7.65. The number of fused-ring (bicyclic) bond motifs is 1. The van der Waals surface area contributed by atoms with Gasteiger partial charge >= 0.3 is 0 Å². The van der Waals surface area contributed by atoms with Crippen LogP contribution in [0.2, 0.25) is 0 Å². The Morgan fingerprint density at radius 3 is 2.59 bits per heavy atom. The van der Waals surface area contributed by atoms with E-state index in [1.807, 2.05) is 26.0 Å². The molecule has 4 rings (SSSR count). The van der Waals surface area contributed by atoms with Crippen LogP contribution in [-0.4, -0.2) is 41.1 Å². The molecule has 1 aliphatic rings. The van der Waals surface area contributed by atoms with E-state index in [2.05, 4.69) is 25.1 Å². The highest BCUT2D eigenvalue weighted by molar-refractivity contribution is 7.13. The van der Waals surface area contributed by atoms with E-state index < -0.39 is 0 Å². The van der Waals surface area contributed by atoms with E-state index in [1.165, 1.54) is 6.07 Å². The minimum Gasteiger partial charge on any atom is -0.369 e. The zero-order valence-electron chi connectivity index (χ0n) is 15.4. The predicted octanol–water partition coefficient (Wildman–Crippen LogP) is 3.93. The number of nitrogens with zero attached hydrogens (tertiary/aromatic N) is 5. The van der Waals surface area contributed by atoms with Gasteiger partial charge in [0.25, 0.3) is 5.69 Å². The van der Waals surface area contributed by atoms with Gasteiger partial charge in [0.15, 0.2) is 10.6 Å². The van der Waals surface area contributed by atoms with Gasteiger partial charge in [-0.2, -0.15) is 0 Å². The summed E-state index contributed by atoms with van der Waals surface area (Å²) in [5, 5.41) is 15.4. The molecule has 2 aromatic heterocycles. The summed E-state index contributed by atoms with van der Waals surface area (Å²) in [7, 11) is 0. The summed E-state index contributed by atoms with van der Waals surface area (Å²) in [6, 6.07) is 7.23. The van der Waals surface area contributed by atoms with E-state index in [0.717, 1.165) is 60.2 Å². The fourth-order valence-corrected chi connectivity index (χ4v) is 4.44. The van der Waals surface area contributed by atoms with Crippen molar-refractivity contribution in [2.24, 2.45) is 0 Å². The number of thiazole rings is 1. The maximum Gasteiger partial charge on any atom is 0.295 e. The van der Waals surface area contributed by atoms with Crippen LogP contribution < -0.4 is 9.80 Å². The Bertz CT molecular complexity index is 1000. The van der Waals surface area contributed by atoms with Crippen LogP contribution in [0, 0.1) is 24.0 Å². The maximum absolute atomic E-state index is 11.4. The van der Waals surface area contributed by atoms with E-state index in [1.54, 1.807) is 17.4 Å². The zero-order valence-corrected chi connectivity index (χ0v) is 16.2. The number of non-ortho nitro benzene ring substituents is 1. The molecule has 140 valence electrons. The van der Waals surface area contributed by atoms with Crippen molar-refractivity contribution < 1.29 is 4.92 Å². The summed E-state index contributed by atoms with van der Waals surface area (Å²) < 4.78 is 0. The molecule has 0 bridgehead atoms. The molecule has 0 atom stereocenters. The smallest absolute Gasteiger partial charge is 0.295 e. The number of benzene rings is 1. The van der Waals surface area contributed by atoms with E-state index in [9.17, 15) is 10.1 Å². The molecule has 0 N–H and O–H groups in total. The van der Waals surface area contributed by atoms with E-state index in [0.29, 0.717) is 5.52 Å². The van der Waals surface area contributed by atoms with Crippen LogP contribution in [0.3, 0.4) is 0 Å². The van der Waals surface area contributed by atoms with Crippen molar-refractivity contribution in [1.82, 2.24) is 9.97 Å². The first-order valence-electron chi connectivity index (χ1n) is 9.00. The molecule has 0 unspecified atom stereocenters. The summed E-state index contributed by atoms with van der Waals surface area (Å²) >= 11 is 1.68. The lowest BCUT2D eigenvalue weighted by Gasteiger charge is -2.25. The molecule has 0 amide bonds. The third-order valence-corrected chi connectivity index (χ3v) is 5.85. The molecule has 3 aromatic rings. The molecule has 1 aromatic carbocycles. The number of hydrogen-bond donors (Lipinski definition) is 0. The summed E-state index contributed by atoms with van der Waals surface area (Å²) in [6.07, 6.45) is 1.01. The second-order valence-electron chi connectivity index (χ2n) is 6.81. The molecule has 0 spiro atoms. The first-order valence-corrected chi connectivity index (χ1v) is 9.87. The molecule has 0 radical (unpaired) electrons. The minimum absolute atomic E-state index is 0.0622. The van der Waals surface area contributed by atoms with Gasteiger partial charge < -0.3 is 9.80 Å². The van der Waals surface area contributed by atoms with Crippen molar-refractivity contribution in [2.45, 2.75) is 20.3 Å². The number of hydrogen-bond acceptors (Lipinski definition) is 7. The molecule has 7 nitrogen and oxygen atoms in total. The number of anilines is 2. The van der Waals surface area contributed by atoms with Crippen LogP contribution in [-0.2, 0) is 0 Å². The SMILES string of the molecule is Cc1csc(N2CCCN(c3cc(C)nc4c([N+](=O)[O-])cccc34)CC2)n1. The Morgan fingerprint density at radius 1 is 1.07 bits per heavy atom. The lowest BCUT2D eigenvalue weighted by molar-refractivity contribution is -0.383.